The molecular weight excluding hydrogens is 373 g/mol. The van der Waals surface area contributed by atoms with Crippen molar-refractivity contribution in [1.29, 1.82) is 0 Å². The summed E-state index contributed by atoms with van der Waals surface area (Å²) < 4.78 is 0. The van der Waals surface area contributed by atoms with E-state index in [1.54, 1.807) is 0 Å². The van der Waals surface area contributed by atoms with Crippen LogP contribution in [0.4, 0.5) is 0 Å². The second kappa shape index (κ2) is 9.23. The fourth-order valence-electron chi connectivity index (χ4n) is 2.33. The van der Waals surface area contributed by atoms with Crippen LogP contribution in [-0.2, 0) is 39.1 Å². The summed E-state index contributed by atoms with van der Waals surface area (Å²) in [4.78, 5) is 15.6. The van der Waals surface area contributed by atoms with E-state index in [2.05, 4.69) is 19.9 Å². The van der Waals surface area contributed by atoms with Crippen LogP contribution in [0.15, 0.2) is 73.2 Å². The molecule has 0 aliphatic rings. The quantitative estimate of drug-likeness (QED) is 0.606. The van der Waals surface area contributed by atoms with Gasteiger partial charge in [-0.25, -0.2) is 0 Å². The Kier molecular flexibility index (Phi) is 6.98. The fourth-order valence-corrected chi connectivity index (χ4v) is 2.33. The summed E-state index contributed by atoms with van der Waals surface area (Å²) in [5.41, 5.74) is 3.15. The van der Waals surface area contributed by atoms with Gasteiger partial charge in [-0.05, 0) is 36.4 Å². The van der Waals surface area contributed by atoms with Crippen molar-refractivity contribution in [3.05, 3.63) is 90.3 Å². The molecule has 4 nitrogen and oxygen atoms in total. The minimum atomic E-state index is 0. The van der Waals surface area contributed by atoms with E-state index in [9.17, 15) is 0 Å². The molecule has 0 amide bonds. The molecule has 3 aromatic heterocycles. The van der Waals surface area contributed by atoms with Gasteiger partial charge in [-0.1, -0.05) is 18.2 Å². The second-order valence-corrected chi connectivity index (χ2v) is 5.11. The topological polar surface area (TPSA) is 41.9 Å². The molecule has 0 N–H and O–H groups in total. The summed E-state index contributed by atoms with van der Waals surface area (Å²) in [5, 5.41) is 0. The van der Waals surface area contributed by atoms with Gasteiger partial charge >= 0.3 is 19.5 Å². The minimum Gasteiger partial charge on any atom is -0.286 e. The Morgan fingerprint density at radius 3 is 1.17 bits per heavy atom. The van der Waals surface area contributed by atoms with Crippen molar-refractivity contribution in [2.45, 2.75) is 19.6 Å². The molecule has 0 aromatic carbocycles. The molecule has 3 rings (SSSR count). The third-order valence-corrected chi connectivity index (χ3v) is 3.34. The molecule has 3 aromatic rings. The van der Waals surface area contributed by atoms with Gasteiger partial charge in [0.05, 0.1) is 17.1 Å². The summed E-state index contributed by atoms with van der Waals surface area (Å²) in [6, 6.07) is 18.0. The molecule has 0 saturated heterocycles. The zero-order valence-electron chi connectivity index (χ0n) is 12.7. The van der Waals surface area contributed by atoms with Crippen LogP contribution in [0.5, 0.6) is 0 Å². The molecule has 0 atom stereocenters. The molecule has 0 bridgehead atoms. The number of pyridine rings is 3. The minimum absolute atomic E-state index is 0. The molecule has 23 heavy (non-hydrogen) atoms. The van der Waals surface area contributed by atoms with Gasteiger partial charge in [0.25, 0.3) is 0 Å². The van der Waals surface area contributed by atoms with Crippen LogP contribution in [0.2, 0.25) is 0 Å². The first-order valence-electron chi connectivity index (χ1n) is 7.32. The smallest absolute Gasteiger partial charge is 0.286 e. The summed E-state index contributed by atoms with van der Waals surface area (Å²) in [6.45, 7) is 2.32. The molecule has 116 valence electrons. The van der Waals surface area contributed by atoms with Crippen LogP contribution in [0.1, 0.15) is 17.1 Å². The predicted molar refractivity (Wildman–Crippen MR) is 85.7 cm³/mol. The summed E-state index contributed by atoms with van der Waals surface area (Å²) in [6.07, 6.45) is 5.49. The number of hydrogen-bond donors (Lipinski definition) is 0. The summed E-state index contributed by atoms with van der Waals surface area (Å²) >= 11 is 0. The van der Waals surface area contributed by atoms with Crippen molar-refractivity contribution in [2.75, 3.05) is 0 Å². The third-order valence-electron chi connectivity index (χ3n) is 3.34. The first-order valence-corrected chi connectivity index (χ1v) is 7.32. The van der Waals surface area contributed by atoms with Crippen molar-refractivity contribution < 1.29 is 19.5 Å². The van der Waals surface area contributed by atoms with Crippen LogP contribution < -0.4 is 0 Å². The fraction of sp³-hybridized carbons (Fsp3) is 0.167. The van der Waals surface area contributed by atoms with Gasteiger partial charge in [-0.15, -0.1) is 0 Å². The first-order chi connectivity index (χ1) is 10.9. The Labute approximate surface area is 149 Å². The Morgan fingerprint density at radius 1 is 0.565 bits per heavy atom. The van der Waals surface area contributed by atoms with Gasteiger partial charge in [0.2, 0.25) is 0 Å². The standard InChI is InChI=1S/C18H18N4.Ru/c1-4-10-19-16(7-1)13-22(14-17-8-2-5-11-20-17)15-18-9-3-6-12-21-18;/h1-12H,13-15H2;/q;+2. The monoisotopic (exact) mass is 392 g/mol. The molecular formula is C18H18N4Ru+2. The zero-order chi connectivity index (χ0) is 15.0. The van der Waals surface area contributed by atoms with E-state index < -0.39 is 0 Å². The van der Waals surface area contributed by atoms with Crippen LogP contribution in [-0.4, -0.2) is 19.9 Å². The third kappa shape index (κ3) is 5.62. The van der Waals surface area contributed by atoms with Crippen LogP contribution in [0.3, 0.4) is 0 Å². The molecule has 0 radical (unpaired) electrons. The maximum Gasteiger partial charge on any atom is 2.00 e. The van der Waals surface area contributed by atoms with Gasteiger partial charge in [0.15, 0.2) is 0 Å². The van der Waals surface area contributed by atoms with Crippen LogP contribution in [0, 0.1) is 0 Å². The molecule has 5 heteroatoms. The summed E-state index contributed by atoms with van der Waals surface area (Å²) in [7, 11) is 0. The van der Waals surface area contributed by atoms with E-state index in [0.29, 0.717) is 0 Å². The Morgan fingerprint density at radius 2 is 0.913 bits per heavy atom. The van der Waals surface area contributed by atoms with E-state index >= 15 is 0 Å². The zero-order valence-corrected chi connectivity index (χ0v) is 14.4. The average Bonchev–Trinajstić information content (AvgIpc) is 2.57. The van der Waals surface area contributed by atoms with Gasteiger partial charge in [0, 0.05) is 38.2 Å². The molecule has 0 unspecified atom stereocenters. The molecule has 0 aliphatic heterocycles. The van der Waals surface area contributed by atoms with Crippen molar-refractivity contribution in [3.63, 3.8) is 0 Å². The maximum atomic E-state index is 4.42. The van der Waals surface area contributed by atoms with E-state index in [1.807, 2.05) is 73.2 Å². The normalized spacial score (nSPS) is 10.3. The Balaban J connectivity index is 0.00000192. The molecule has 0 spiro atoms. The number of aromatic nitrogens is 3. The molecule has 3 heterocycles. The average molecular weight is 391 g/mol. The van der Waals surface area contributed by atoms with Crippen molar-refractivity contribution >= 4 is 0 Å². The molecule has 0 aliphatic carbocycles. The van der Waals surface area contributed by atoms with E-state index in [-0.39, 0.29) is 19.5 Å². The number of nitrogens with zero attached hydrogens (tertiary/aromatic N) is 4. The summed E-state index contributed by atoms with van der Waals surface area (Å²) in [5.74, 6) is 0. The van der Waals surface area contributed by atoms with Crippen LogP contribution >= 0.6 is 0 Å². The molecule has 0 saturated carbocycles. The first kappa shape index (κ1) is 17.4. The molecule has 0 fully saturated rings. The van der Waals surface area contributed by atoms with Crippen molar-refractivity contribution in [1.82, 2.24) is 19.9 Å². The largest absolute Gasteiger partial charge is 2.00 e. The van der Waals surface area contributed by atoms with Crippen molar-refractivity contribution in [2.24, 2.45) is 0 Å². The number of rotatable bonds is 6. The number of hydrogen-bond acceptors (Lipinski definition) is 4. The van der Waals surface area contributed by atoms with E-state index in [4.69, 9.17) is 0 Å². The van der Waals surface area contributed by atoms with Crippen LogP contribution in [0.25, 0.3) is 0 Å². The van der Waals surface area contributed by atoms with E-state index in [0.717, 1.165) is 36.7 Å². The van der Waals surface area contributed by atoms with Gasteiger partial charge in [0.1, 0.15) is 0 Å². The maximum absolute atomic E-state index is 4.42. The van der Waals surface area contributed by atoms with E-state index in [1.165, 1.54) is 0 Å². The second-order valence-electron chi connectivity index (χ2n) is 5.11. The van der Waals surface area contributed by atoms with Crippen molar-refractivity contribution in [3.8, 4) is 0 Å². The van der Waals surface area contributed by atoms with Gasteiger partial charge < -0.3 is 0 Å². The Hall–Kier alpha value is -1.97. The van der Waals surface area contributed by atoms with Gasteiger partial charge in [-0.3, -0.25) is 19.9 Å². The SMILES string of the molecule is [Ru+2].c1ccc(CN(Cc2ccccn2)Cc2ccccn2)nc1. The van der Waals surface area contributed by atoms with Gasteiger partial charge in [-0.2, -0.15) is 0 Å². The predicted octanol–water partition coefficient (Wildman–Crippen LogP) is 3.07. The Bertz CT molecular complexity index is 578.